The molecular weight excluding hydrogens is 651 g/mol. The van der Waals surface area contributed by atoms with E-state index in [4.69, 9.17) is 28.9 Å². The molecule has 0 saturated carbocycles. The van der Waals surface area contributed by atoms with Crippen LogP contribution in [0, 0.1) is 11.3 Å². The van der Waals surface area contributed by atoms with E-state index in [9.17, 15) is 24.8 Å². The van der Waals surface area contributed by atoms with Crippen LogP contribution in [-0.2, 0) is 29.1 Å². The van der Waals surface area contributed by atoms with Gasteiger partial charge in [0.1, 0.15) is 24.5 Å². The number of benzene rings is 3. The van der Waals surface area contributed by atoms with Crippen LogP contribution in [0.15, 0.2) is 60.7 Å². The third-order valence-corrected chi connectivity index (χ3v) is 9.59. The molecule has 2 atom stereocenters. The monoisotopic (exact) mass is 678 g/mol. The van der Waals surface area contributed by atoms with Crippen LogP contribution in [0.1, 0.15) is 16.7 Å². The second kappa shape index (κ2) is 13.0. The number of carbonyl (C=O) groups is 3. The van der Waals surface area contributed by atoms with E-state index in [0.29, 0.717) is 26.3 Å². The smallest absolute Gasteiger partial charge is 0.333 e. The Balaban J connectivity index is 1.31. The fourth-order valence-corrected chi connectivity index (χ4v) is 6.97. The highest BCUT2D eigenvalue weighted by Gasteiger charge is 2.52. The highest BCUT2D eigenvalue weighted by molar-refractivity contribution is 7.22. The molecule has 2 aliphatic rings. The molecule has 236 valence electrons. The molecule has 0 spiro atoms. The molecule has 15 heteroatoms. The Morgan fingerprint density at radius 3 is 2.63 bits per heavy atom. The molecule has 2 aliphatic heterocycles. The molecule has 0 unspecified atom stereocenters. The van der Waals surface area contributed by atoms with E-state index in [1.165, 1.54) is 33.4 Å². The molecule has 4 N–H and O–H groups in total. The van der Waals surface area contributed by atoms with Gasteiger partial charge in [-0.2, -0.15) is 10.3 Å². The number of urea groups is 1. The van der Waals surface area contributed by atoms with E-state index in [1.807, 2.05) is 24.3 Å². The first-order valence-corrected chi connectivity index (χ1v) is 15.8. The second-order valence-electron chi connectivity index (χ2n) is 10.9. The summed E-state index contributed by atoms with van der Waals surface area (Å²) in [5.41, 5.74) is 8.91. The summed E-state index contributed by atoms with van der Waals surface area (Å²) in [6.45, 7) is -0.173. The Hall–Kier alpha value is -4.61. The Bertz CT molecular complexity index is 1860. The number of hydrogen-bond donors (Lipinski definition) is 3. The van der Waals surface area contributed by atoms with Crippen LogP contribution >= 0.6 is 34.5 Å². The van der Waals surface area contributed by atoms with Gasteiger partial charge in [0.15, 0.2) is 5.13 Å². The molecule has 4 amide bonds. The average Bonchev–Trinajstić information content (AvgIpc) is 3.58. The summed E-state index contributed by atoms with van der Waals surface area (Å²) in [7, 11) is 0. The van der Waals surface area contributed by atoms with E-state index in [1.54, 1.807) is 40.2 Å². The summed E-state index contributed by atoms with van der Waals surface area (Å²) in [6.07, 6.45) is -0.558. The minimum Gasteiger partial charge on any atom is -0.508 e. The summed E-state index contributed by atoms with van der Waals surface area (Å²) >= 11 is 13.5. The lowest BCUT2D eigenvalue weighted by atomic mass is 9.99. The summed E-state index contributed by atoms with van der Waals surface area (Å²) < 4.78 is 0.887. The third kappa shape index (κ3) is 6.25. The number of nitrogens with one attached hydrogen (secondary N) is 1. The highest BCUT2D eigenvalue weighted by Crippen LogP contribution is 2.32. The van der Waals surface area contributed by atoms with E-state index < -0.39 is 18.2 Å². The first kappa shape index (κ1) is 31.4. The van der Waals surface area contributed by atoms with E-state index >= 15 is 0 Å². The second-order valence-corrected chi connectivity index (χ2v) is 12.8. The standard InChI is InChI=1S/C31H28Cl2N8O4S/c32-22-9-6-19(12-23(22)33)14-36-31(45)39(11-10-34)40-17-27(43)41-24(13-18-4-7-21(42)8-5-18)29(44)38(16-26(40)41)15-20-2-1-3-25-28(20)37-30(35)46-25/h1-9,12,24,26,42H,11,13-17H2,(H2,35,37)(H,36,45)/t24-,26+/m0/s1. The van der Waals surface area contributed by atoms with Gasteiger partial charge in [-0.25, -0.2) is 14.8 Å². The maximum Gasteiger partial charge on any atom is 0.333 e. The first-order chi connectivity index (χ1) is 22.1. The van der Waals surface area contributed by atoms with Gasteiger partial charge in [-0.3, -0.25) is 9.59 Å². The van der Waals surface area contributed by atoms with Gasteiger partial charge in [-0.1, -0.05) is 64.9 Å². The molecule has 0 bridgehead atoms. The Morgan fingerprint density at radius 2 is 1.89 bits per heavy atom. The van der Waals surface area contributed by atoms with Crippen molar-refractivity contribution in [2.24, 2.45) is 0 Å². The van der Waals surface area contributed by atoms with Crippen LogP contribution in [-0.4, -0.2) is 79.6 Å². The number of amides is 4. The Labute approximate surface area is 278 Å². The van der Waals surface area contributed by atoms with Gasteiger partial charge in [0.2, 0.25) is 11.8 Å². The number of nitriles is 1. The highest BCUT2D eigenvalue weighted by atomic mass is 35.5. The van der Waals surface area contributed by atoms with Crippen LogP contribution in [0.5, 0.6) is 5.75 Å². The molecule has 12 nitrogen and oxygen atoms in total. The lowest BCUT2D eigenvalue weighted by Gasteiger charge is -2.46. The van der Waals surface area contributed by atoms with Gasteiger partial charge in [0.05, 0.1) is 39.4 Å². The minimum absolute atomic E-state index is 0.0780. The number of rotatable bonds is 8. The molecule has 4 aromatic rings. The predicted molar refractivity (Wildman–Crippen MR) is 173 cm³/mol. The van der Waals surface area contributed by atoms with Crippen LogP contribution in [0.4, 0.5) is 9.93 Å². The maximum atomic E-state index is 14.1. The molecule has 6 rings (SSSR count). The summed E-state index contributed by atoms with van der Waals surface area (Å²) in [6, 6.07) is 17.6. The van der Waals surface area contributed by atoms with Crippen molar-refractivity contribution in [1.29, 1.82) is 5.26 Å². The van der Waals surface area contributed by atoms with Crippen molar-refractivity contribution >= 4 is 67.7 Å². The van der Waals surface area contributed by atoms with Crippen molar-refractivity contribution < 1.29 is 19.5 Å². The van der Waals surface area contributed by atoms with Crippen LogP contribution in [0.3, 0.4) is 0 Å². The Morgan fingerprint density at radius 1 is 1.13 bits per heavy atom. The van der Waals surface area contributed by atoms with E-state index in [0.717, 1.165) is 15.8 Å². The van der Waals surface area contributed by atoms with Gasteiger partial charge in [-0.15, -0.1) is 0 Å². The zero-order chi connectivity index (χ0) is 32.5. The average molecular weight is 680 g/mol. The third-order valence-electron chi connectivity index (χ3n) is 8.01. The lowest BCUT2D eigenvalue weighted by Crippen LogP contribution is -2.66. The number of hydrazine groups is 1. The van der Waals surface area contributed by atoms with Crippen molar-refractivity contribution in [2.45, 2.75) is 31.7 Å². The number of carbonyl (C=O) groups excluding carboxylic acids is 3. The topological polar surface area (TPSA) is 159 Å². The molecular formula is C31H28Cl2N8O4S. The van der Waals surface area contributed by atoms with Crippen molar-refractivity contribution in [2.75, 3.05) is 25.4 Å². The molecule has 0 aliphatic carbocycles. The molecule has 46 heavy (non-hydrogen) atoms. The number of phenols is 1. The van der Waals surface area contributed by atoms with Gasteiger partial charge in [0.25, 0.3) is 0 Å². The molecule has 3 heterocycles. The number of fused-ring (bicyclic) bond motifs is 2. The number of nitrogens with two attached hydrogens (primary N) is 1. The molecule has 3 aromatic carbocycles. The van der Waals surface area contributed by atoms with Crippen molar-refractivity contribution in [3.63, 3.8) is 0 Å². The van der Waals surface area contributed by atoms with Gasteiger partial charge in [0, 0.05) is 19.5 Å². The van der Waals surface area contributed by atoms with Crippen molar-refractivity contribution in [3.05, 3.63) is 87.4 Å². The van der Waals surface area contributed by atoms with Crippen LogP contribution in [0.2, 0.25) is 10.0 Å². The van der Waals surface area contributed by atoms with Gasteiger partial charge < -0.3 is 26.0 Å². The largest absolute Gasteiger partial charge is 0.508 e. The number of nitrogen functional groups attached to an aromatic ring is 1. The zero-order valence-electron chi connectivity index (χ0n) is 24.3. The molecule has 2 fully saturated rings. The van der Waals surface area contributed by atoms with Crippen molar-refractivity contribution in [1.82, 2.24) is 30.1 Å². The number of hydrogen-bond acceptors (Lipinski definition) is 9. The molecule has 0 radical (unpaired) electrons. The SMILES string of the molecule is N#CCN(C(=O)NCc1ccc(Cl)c(Cl)c1)N1CC(=O)N2[C@@H](Cc3ccc(O)cc3)C(=O)N(Cc3cccc4sc(N)nc34)C[C@@H]21. The first-order valence-electron chi connectivity index (χ1n) is 14.3. The number of anilines is 1. The summed E-state index contributed by atoms with van der Waals surface area (Å²) in [4.78, 5) is 48.9. The normalized spacial score (nSPS) is 18.1. The number of aromatic nitrogens is 1. The number of aromatic hydroxyl groups is 1. The number of para-hydroxylation sites is 1. The number of halogens is 2. The van der Waals surface area contributed by atoms with E-state index in [2.05, 4.69) is 10.3 Å². The fourth-order valence-electron chi connectivity index (χ4n) is 5.87. The van der Waals surface area contributed by atoms with E-state index in [-0.39, 0.29) is 56.7 Å². The summed E-state index contributed by atoms with van der Waals surface area (Å²) in [5, 5.41) is 26.2. The number of phenolic OH excluding ortho intramolecular Hbond substituents is 1. The number of piperazine rings is 1. The molecule has 2 saturated heterocycles. The van der Waals surface area contributed by atoms with Crippen LogP contribution in [0.25, 0.3) is 10.2 Å². The summed E-state index contributed by atoms with van der Waals surface area (Å²) in [5.74, 6) is -0.539. The zero-order valence-corrected chi connectivity index (χ0v) is 26.6. The number of thiazole rings is 1. The fraction of sp³-hybridized carbons (Fsp3) is 0.258. The maximum absolute atomic E-state index is 14.1. The predicted octanol–water partition coefficient (Wildman–Crippen LogP) is 3.97. The number of nitrogens with zero attached hydrogens (tertiary/aromatic N) is 6. The van der Waals surface area contributed by atoms with Crippen molar-refractivity contribution in [3.8, 4) is 11.8 Å². The quantitative estimate of drug-likeness (QED) is 0.236. The Kier molecular flexibility index (Phi) is 8.88. The minimum atomic E-state index is -0.899. The van der Waals surface area contributed by atoms with Gasteiger partial charge >= 0.3 is 6.03 Å². The van der Waals surface area contributed by atoms with Crippen LogP contribution < -0.4 is 11.1 Å². The van der Waals surface area contributed by atoms with Gasteiger partial charge in [-0.05, 0) is 47.0 Å². The molecule has 1 aromatic heterocycles. The lowest BCUT2D eigenvalue weighted by molar-refractivity contribution is -0.157.